The zero-order chi connectivity index (χ0) is 20.2. The Labute approximate surface area is 171 Å². The summed E-state index contributed by atoms with van der Waals surface area (Å²) in [5.41, 5.74) is 2.58. The number of guanidine groups is 1. The van der Waals surface area contributed by atoms with Crippen LogP contribution in [0, 0.1) is 12.8 Å². The lowest BCUT2D eigenvalue weighted by Crippen LogP contribution is -2.42. The number of aliphatic imine (C=N–C) groups is 1. The van der Waals surface area contributed by atoms with Crippen LogP contribution in [0.1, 0.15) is 56.8 Å². The number of unbranched alkanes of at least 4 members (excludes halogenated alkanes) is 1. The molecular weight excluding hydrogens is 348 g/mol. The highest BCUT2D eigenvalue weighted by molar-refractivity contribution is 5.79. The van der Waals surface area contributed by atoms with Gasteiger partial charge >= 0.3 is 0 Å². The van der Waals surface area contributed by atoms with Crippen molar-refractivity contribution >= 4 is 5.96 Å². The fourth-order valence-corrected chi connectivity index (χ4v) is 3.83. The van der Waals surface area contributed by atoms with Crippen molar-refractivity contribution in [3.8, 4) is 0 Å². The monoisotopic (exact) mass is 388 g/mol. The Balaban J connectivity index is 1.75. The lowest BCUT2D eigenvalue weighted by Gasteiger charge is -2.32. The van der Waals surface area contributed by atoms with Crippen LogP contribution in [0.15, 0.2) is 29.3 Å². The maximum absolute atomic E-state index is 6.13. The predicted octanol–water partition coefficient (Wildman–Crippen LogP) is 3.75. The van der Waals surface area contributed by atoms with Crippen LogP contribution in [0.25, 0.3) is 0 Å². The third kappa shape index (κ3) is 7.44. The van der Waals surface area contributed by atoms with Gasteiger partial charge in [-0.25, -0.2) is 0 Å². The summed E-state index contributed by atoms with van der Waals surface area (Å²) in [6, 6.07) is 8.77. The minimum atomic E-state index is 0.175. The van der Waals surface area contributed by atoms with Crippen molar-refractivity contribution < 1.29 is 4.74 Å². The Bertz CT molecular complexity index is 568. The predicted molar refractivity (Wildman–Crippen MR) is 119 cm³/mol. The molecule has 2 unspecified atom stereocenters. The van der Waals surface area contributed by atoms with E-state index in [4.69, 9.17) is 4.74 Å². The quantitative estimate of drug-likeness (QED) is 0.364. The highest BCUT2D eigenvalue weighted by Gasteiger charge is 2.27. The van der Waals surface area contributed by atoms with Crippen molar-refractivity contribution in [3.63, 3.8) is 0 Å². The molecule has 1 aromatic rings. The SMILES string of the molecule is CCN(CC)CCCCNC(=NC)NCC1CCCOC1c1ccc(C)cc1. The highest BCUT2D eigenvalue weighted by atomic mass is 16.5. The second-order valence-electron chi connectivity index (χ2n) is 7.72. The minimum absolute atomic E-state index is 0.175. The largest absolute Gasteiger partial charge is 0.373 e. The smallest absolute Gasteiger partial charge is 0.190 e. The van der Waals surface area contributed by atoms with Crippen molar-refractivity contribution in [2.75, 3.05) is 46.4 Å². The first kappa shape index (κ1) is 22.7. The summed E-state index contributed by atoms with van der Waals surface area (Å²) in [6.45, 7) is 12.7. The molecule has 0 aliphatic carbocycles. The molecule has 0 aromatic heterocycles. The van der Waals surface area contributed by atoms with Gasteiger partial charge in [0.2, 0.25) is 0 Å². The number of aryl methyl sites for hydroxylation is 1. The number of nitrogens with one attached hydrogen (secondary N) is 2. The maximum Gasteiger partial charge on any atom is 0.190 e. The van der Waals surface area contributed by atoms with Crippen LogP contribution < -0.4 is 10.6 Å². The minimum Gasteiger partial charge on any atom is -0.373 e. The van der Waals surface area contributed by atoms with Gasteiger partial charge in [-0.2, -0.15) is 0 Å². The molecule has 28 heavy (non-hydrogen) atoms. The fourth-order valence-electron chi connectivity index (χ4n) is 3.83. The number of rotatable bonds is 10. The zero-order valence-electron chi connectivity index (χ0n) is 18.3. The molecule has 0 saturated carbocycles. The summed E-state index contributed by atoms with van der Waals surface area (Å²) >= 11 is 0. The molecule has 2 N–H and O–H groups in total. The standard InChI is InChI=1S/C23H40N4O/c1-5-27(6-2)16-8-7-15-25-23(24-4)26-18-21-10-9-17-28-22(21)20-13-11-19(3)12-14-20/h11-14,21-22H,5-10,15-18H2,1-4H3,(H2,24,25,26). The first-order valence-corrected chi connectivity index (χ1v) is 11.0. The molecule has 1 heterocycles. The lowest BCUT2D eigenvalue weighted by molar-refractivity contribution is -0.0265. The molecule has 0 amide bonds. The third-order valence-corrected chi connectivity index (χ3v) is 5.69. The van der Waals surface area contributed by atoms with Crippen molar-refractivity contribution in [1.29, 1.82) is 0 Å². The van der Waals surface area contributed by atoms with E-state index >= 15 is 0 Å². The van der Waals surface area contributed by atoms with Gasteiger partial charge < -0.3 is 20.3 Å². The van der Waals surface area contributed by atoms with Crippen molar-refractivity contribution in [2.45, 2.75) is 52.6 Å². The molecular formula is C23H40N4O. The van der Waals surface area contributed by atoms with Crippen LogP contribution in [-0.2, 0) is 4.74 Å². The third-order valence-electron chi connectivity index (χ3n) is 5.69. The van der Waals surface area contributed by atoms with E-state index in [1.165, 1.54) is 30.5 Å². The van der Waals surface area contributed by atoms with Gasteiger partial charge in [-0.15, -0.1) is 0 Å². The molecule has 5 nitrogen and oxygen atoms in total. The molecule has 158 valence electrons. The molecule has 0 bridgehead atoms. The molecule has 1 aromatic carbocycles. The maximum atomic E-state index is 6.13. The molecule has 1 fully saturated rings. The van der Waals surface area contributed by atoms with Crippen LogP contribution in [-0.4, -0.2) is 57.2 Å². The Kier molecular flexibility index (Phi) is 10.4. The topological polar surface area (TPSA) is 48.9 Å². The van der Waals surface area contributed by atoms with E-state index in [2.05, 4.69) is 65.6 Å². The molecule has 1 aliphatic rings. The fraction of sp³-hybridized carbons (Fsp3) is 0.696. The molecule has 1 aliphatic heterocycles. The van der Waals surface area contributed by atoms with E-state index in [0.717, 1.165) is 51.6 Å². The Morgan fingerprint density at radius 3 is 2.57 bits per heavy atom. The van der Waals surface area contributed by atoms with Gasteiger partial charge in [-0.05, 0) is 57.8 Å². The van der Waals surface area contributed by atoms with Gasteiger partial charge in [-0.1, -0.05) is 43.7 Å². The van der Waals surface area contributed by atoms with Crippen LogP contribution in [0.5, 0.6) is 0 Å². The Hall–Kier alpha value is -1.59. The van der Waals surface area contributed by atoms with Crippen molar-refractivity contribution in [2.24, 2.45) is 10.9 Å². The average molecular weight is 389 g/mol. The number of nitrogens with zero attached hydrogens (tertiary/aromatic N) is 2. The van der Waals surface area contributed by atoms with Gasteiger partial charge in [0.1, 0.15) is 0 Å². The van der Waals surface area contributed by atoms with Crippen molar-refractivity contribution in [3.05, 3.63) is 35.4 Å². The summed E-state index contributed by atoms with van der Waals surface area (Å²) in [4.78, 5) is 6.86. The summed E-state index contributed by atoms with van der Waals surface area (Å²) in [5, 5.41) is 6.98. The summed E-state index contributed by atoms with van der Waals surface area (Å²) in [6.07, 6.45) is 4.88. The van der Waals surface area contributed by atoms with Crippen LogP contribution in [0.2, 0.25) is 0 Å². The molecule has 0 radical (unpaired) electrons. The van der Waals surface area contributed by atoms with E-state index in [9.17, 15) is 0 Å². The molecule has 0 spiro atoms. The van der Waals surface area contributed by atoms with Gasteiger partial charge in [0.25, 0.3) is 0 Å². The van der Waals surface area contributed by atoms with E-state index in [-0.39, 0.29) is 6.10 Å². The lowest BCUT2D eigenvalue weighted by atomic mass is 9.89. The molecule has 5 heteroatoms. The average Bonchev–Trinajstić information content (AvgIpc) is 2.74. The van der Waals surface area contributed by atoms with Gasteiger partial charge in [0.15, 0.2) is 5.96 Å². The summed E-state index contributed by atoms with van der Waals surface area (Å²) in [5.74, 6) is 1.37. The van der Waals surface area contributed by atoms with E-state index in [1.807, 2.05) is 7.05 Å². The number of hydrogen-bond donors (Lipinski definition) is 2. The molecule has 2 rings (SSSR count). The van der Waals surface area contributed by atoms with Crippen molar-refractivity contribution in [1.82, 2.24) is 15.5 Å². The summed E-state index contributed by atoms with van der Waals surface area (Å²) in [7, 11) is 1.85. The van der Waals surface area contributed by atoms with E-state index < -0.39 is 0 Å². The normalized spacial score (nSPS) is 20.4. The Morgan fingerprint density at radius 1 is 1.14 bits per heavy atom. The first-order valence-electron chi connectivity index (χ1n) is 11.0. The number of ether oxygens (including phenoxy) is 1. The Morgan fingerprint density at radius 2 is 1.89 bits per heavy atom. The van der Waals surface area contributed by atoms with Crippen LogP contribution >= 0.6 is 0 Å². The van der Waals surface area contributed by atoms with E-state index in [0.29, 0.717) is 5.92 Å². The molecule has 1 saturated heterocycles. The van der Waals surface area contributed by atoms with Gasteiger partial charge in [0, 0.05) is 32.7 Å². The highest BCUT2D eigenvalue weighted by Crippen LogP contribution is 2.33. The number of hydrogen-bond acceptors (Lipinski definition) is 3. The van der Waals surface area contributed by atoms with Gasteiger partial charge in [0.05, 0.1) is 6.10 Å². The second-order valence-corrected chi connectivity index (χ2v) is 7.72. The van der Waals surface area contributed by atoms with E-state index in [1.54, 1.807) is 0 Å². The van der Waals surface area contributed by atoms with Crippen LogP contribution in [0.3, 0.4) is 0 Å². The first-order chi connectivity index (χ1) is 13.7. The van der Waals surface area contributed by atoms with Crippen LogP contribution in [0.4, 0.5) is 0 Å². The molecule has 2 atom stereocenters. The summed E-state index contributed by atoms with van der Waals surface area (Å²) < 4.78 is 6.13. The second kappa shape index (κ2) is 12.8. The van der Waals surface area contributed by atoms with Gasteiger partial charge in [-0.3, -0.25) is 4.99 Å². The zero-order valence-corrected chi connectivity index (χ0v) is 18.3. The number of benzene rings is 1.